The summed E-state index contributed by atoms with van der Waals surface area (Å²) in [6.07, 6.45) is -3.61. The first-order valence-corrected chi connectivity index (χ1v) is 9.09. The van der Waals surface area contributed by atoms with Crippen molar-refractivity contribution in [3.05, 3.63) is 45.1 Å². The maximum absolute atomic E-state index is 12.7. The van der Waals surface area contributed by atoms with E-state index in [-0.39, 0.29) is 20.5 Å². The lowest BCUT2D eigenvalue weighted by Crippen LogP contribution is -2.12. The van der Waals surface area contributed by atoms with Crippen LogP contribution in [0.15, 0.2) is 34.5 Å². The molecule has 10 heteroatoms. The molecule has 0 saturated carbocycles. The predicted molar refractivity (Wildman–Crippen MR) is 81.8 cm³/mol. The molecule has 0 aliphatic heterocycles. The number of nitrogens with one attached hydrogen (secondary N) is 1. The molecule has 0 spiro atoms. The minimum absolute atomic E-state index is 0.0327. The summed E-state index contributed by atoms with van der Waals surface area (Å²) >= 11 is 6.49. The summed E-state index contributed by atoms with van der Waals surface area (Å²) in [6.45, 7) is 0. The molecule has 0 fully saturated rings. The molecule has 0 unspecified atom stereocenters. The summed E-state index contributed by atoms with van der Waals surface area (Å²) < 4.78 is 60.8. The molecule has 1 aromatic heterocycles. The third-order valence-corrected chi connectivity index (χ3v) is 5.10. The summed E-state index contributed by atoms with van der Waals surface area (Å²) in [5.41, 5.74) is -1.13. The molecule has 0 aliphatic rings. The van der Waals surface area contributed by atoms with Crippen molar-refractivity contribution in [1.29, 1.82) is 0 Å². The van der Waals surface area contributed by atoms with Gasteiger partial charge in [-0.3, -0.25) is 4.79 Å². The third kappa shape index (κ3) is 4.46. The highest BCUT2D eigenvalue weighted by Gasteiger charge is 2.31. The van der Waals surface area contributed by atoms with E-state index < -0.39 is 27.5 Å². The standard InChI is InChI=1S/C13H9ClF3NO3S2/c1-23(20,21)10-5-11(22-6-10)12(19)18-9-3-7(13(15,16)17)2-8(14)4-9/h2-6H,1H3,(H,18,19). The average molecular weight is 384 g/mol. The van der Waals surface area contributed by atoms with E-state index in [1.165, 1.54) is 11.4 Å². The first-order chi connectivity index (χ1) is 10.5. The van der Waals surface area contributed by atoms with E-state index in [0.717, 1.165) is 35.8 Å². The minimum atomic E-state index is -4.60. The number of thiophene rings is 1. The quantitative estimate of drug-likeness (QED) is 0.868. The van der Waals surface area contributed by atoms with Crippen molar-refractivity contribution < 1.29 is 26.4 Å². The Labute approximate surface area is 138 Å². The molecule has 0 radical (unpaired) electrons. The number of alkyl halides is 3. The average Bonchev–Trinajstić information content (AvgIpc) is 2.86. The van der Waals surface area contributed by atoms with Crippen LogP contribution in [-0.2, 0) is 16.0 Å². The van der Waals surface area contributed by atoms with Gasteiger partial charge in [-0.1, -0.05) is 11.6 Å². The molecule has 0 aliphatic carbocycles. The lowest BCUT2D eigenvalue weighted by atomic mass is 10.2. The molecule has 23 heavy (non-hydrogen) atoms. The fourth-order valence-corrected chi connectivity index (χ4v) is 3.80. The van der Waals surface area contributed by atoms with Crippen LogP contribution >= 0.6 is 22.9 Å². The Bertz CT molecular complexity index is 860. The number of hydrogen-bond acceptors (Lipinski definition) is 4. The highest BCUT2D eigenvalue weighted by atomic mass is 35.5. The van der Waals surface area contributed by atoms with Crippen LogP contribution in [0.25, 0.3) is 0 Å². The van der Waals surface area contributed by atoms with E-state index in [2.05, 4.69) is 5.32 Å². The number of amides is 1. The smallest absolute Gasteiger partial charge is 0.321 e. The molecule has 0 atom stereocenters. The summed E-state index contributed by atoms with van der Waals surface area (Å²) in [6, 6.07) is 3.81. The Balaban J connectivity index is 2.27. The molecular formula is C13H9ClF3NO3S2. The highest BCUT2D eigenvalue weighted by molar-refractivity contribution is 7.90. The van der Waals surface area contributed by atoms with Gasteiger partial charge in [-0.25, -0.2) is 8.42 Å². The van der Waals surface area contributed by atoms with Crippen LogP contribution in [0.1, 0.15) is 15.2 Å². The van der Waals surface area contributed by atoms with E-state index in [1.54, 1.807) is 0 Å². The lowest BCUT2D eigenvalue weighted by Gasteiger charge is -2.10. The van der Waals surface area contributed by atoms with Gasteiger partial charge >= 0.3 is 6.18 Å². The third-order valence-electron chi connectivity index (χ3n) is 2.71. The predicted octanol–water partition coefficient (Wildman–Crippen LogP) is 4.08. The zero-order chi connectivity index (χ0) is 17.4. The van der Waals surface area contributed by atoms with Crippen molar-refractivity contribution in [3.8, 4) is 0 Å². The molecular weight excluding hydrogens is 375 g/mol. The Hall–Kier alpha value is -1.58. The van der Waals surface area contributed by atoms with Gasteiger partial charge in [0.2, 0.25) is 0 Å². The number of hydrogen-bond donors (Lipinski definition) is 1. The van der Waals surface area contributed by atoms with Gasteiger partial charge in [-0.15, -0.1) is 11.3 Å². The number of sulfone groups is 1. The molecule has 0 saturated heterocycles. The van der Waals surface area contributed by atoms with Crippen LogP contribution in [0.4, 0.5) is 18.9 Å². The summed E-state index contributed by atoms with van der Waals surface area (Å²) in [5, 5.41) is 3.37. The first-order valence-electron chi connectivity index (χ1n) is 5.94. The van der Waals surface area contributed by atoms with Crippen LogP contribution in [0.3, 0.4) is 0 Å². The van der Waals surface area contributed by atoms with E-state index in [0.29, 0.717) is 0 Å². The number of carbonyl (C=O) groups is 1. The first kappa shape index (κ1) is 17.8. The molecule has 1 amide bonds. The van der Waals surface area contributed by atoms with Gasteiger partial charge in [0.05, 0.1) is 15.3 Å². The summed E-state index contributed by atoms with van der Waals surface area (Å²) in [5.74, 6) is -0.722. The molecule has 1 N–H and O–H groups in total. The van der Waals surface area contributed by atoms with Gasteiger partial charge < -0.3 is 5.32 Å². The van der Waals surface area contributed by atoms with Crippen molar-refractivity contribution in [2.45, 2.75) is 11.1 Å². The van der Waals surface area contributed by atoms with Crippen molar-refractivity contribution >= 4 is 44.4 Å². The monoisotopic (exact) mass is 383 g/mol. The van der Waals surface area contributed by atoms with Crippen molar-refractivity contribution in [1.82, 2.24) is 0 Å². The van der Waals surface area contributed by atoms with E-state index in [1.807, 2.05) is 0 Å². The van der Waals surface area contributed by atoms with E-state index >= 15 is 0 Å². The fraction of sp³-hybridized carbons (Fsp3) is 0.154. The largest absolute Gasteiger partial charge is 0.416 e. The maximum atomic E-state index is 12.7. The van der Waals surface area contributed by atoms with Crippen molar-refractivity contribution in [2.24, 2.45) is 0 Å². The Kier molecular flexibility index (Phi) is 4.74. The molecule has 0 bridgehead atoms. The van der Waals surface area contributed by atoms with Crippen molar-refractivity contribution in [3.63, 3.8) is 0 Å². The zero-order valence-corrected chi connectivity index (χ0v) is 13.8. The summed E-state index contributed by atoms with van der Waals surface area (Å²) in [4.78, 5) is 12.0. The number of anilines is 1. The van der Waals surface area contributed by atoms with Crippen molar-refractivity contribution in [2.75, 3.05) is 11.6 Å². The number of benzene rings is 1. The maximum Gasteiger partial charge on any atom is 0.416 e. The zero-order valence-electron chi connectivity index (χ0n) is 11.4. The Morgan fingerprint density at radius 1 is 1.22 bits per heavy atom. The van der Waals surface area contributed by atoms with Gasteiger partial charge in [-0.2, -0.15) is 13.2 Å². The van der Waals surface area contributed by atoms with Gasteiger partial charge in [0, 0.05) is 22.3 Å². The lowest BCUT2D eigenvalue weighted by molar-refractivity contribution is -0.137. The highest BCUT2D eigenvalue weighted by Crippen LogP contribution is 2.33. The van der Waals surface area contributed by atoms with E-state index in [9.17, 15) is 26.4 Å². The van der Waals surface area contributed by atoms with Crippen LogP contribution in [0, 0.1) is 0 Å². The van der Waals surface area contributed by atoms with E-state index in [4.69, 9.17) is 11.6 Å². The number of rotatable bonds is 3. The number of carbonyl (C=O) groups excluding carboxylic acids is 1. The second kappa shape index (κ2) is 6.14. The molecule has 2 rings (SSSR count). The number of halogens is 4. The Morgan fingerprint density at radius 2 is 1.87 bits per heavy atom. The van der Waals surface area contributed by atoms with Gasteiger partial charge in [0.15, 0.2) is 9.84 Å². The molecule has 124 valence electrons. The van der Waals surface area contributed by atoms with Crippen LogP contribution in [0.5, 0.6) is 0 Å². The molecule has 1 heterocycles. The van der Waals surface area contributed by atoms with Crippen LogP contribution in [0.2, 0.25) is 5.02 Å². The molecule has 1 aromatic carbocycles. The van der Waals surface area contributed by atoms with Gasteiger partial charge in [-0.05, 0) is 24.3 Å². The second-order valence-electron chi connectivity index (χ2n) is 4.60. The van der Waals surface area contributed by atoms with Crippen LogP contribution < -0.4 is 5.32 Å². The normalized spacial score (nSPS) is 12.2. The SMILES string of the molecule is CS(=O)(=O)c1csc(C(=O)Nc2cc(Cl)cc(C(F)(F)F)c2)c1. The fourth-order valence-electron chi connectivity index (χ4n) is 1.65. The minimum Gasteiger partial charge on any atom is -0.321 e. The molecule has 4 nitrogen and oxygen atoms in total. The Morgan fingerprint density at radius 3 is 2.39 bits per heavy atom. The second-order valence-corrected chi connectivity index (χ2v) is 7.96. The molecule has 2 aromatic rings. The van der Waals surface area contributed by atoms with Gasteiger partial charge in [0.1, 0.15) is 0 Å². The van der Waals surface area contributed by atoms with Crippen LogP contribution in [-0.4, -0.2) is 20.6 Å². The van der Waals surface area contributed by atoms with Gasteiger partial charge in [0.25, 0.3) is 5.91 Å². The summed E-state index contributed by atoms with van der Waals surface area (Å²) in [7, 11) is -3.46. The topological polar surface area (TPSA) is 63.2 Å².